The van der Waals surface area contributed by atoms with Crippen molar-refractivity contribution >= 4 is 23.9 Å². The predicted molar refractivity (Wildman–Crippen MR) is 231 cm³/mol. The fourth-order valence-corrected chi connectivity index (χ4v) is 8.25. The molecule has 0 spiro atoms. The molecule has 14 nitrogen and oxygen atoms in total. The van der Waals surface area contributed by atoms with Crippen molar-refractivity contribution in [2.24, 2.45) is 5.92 Å². The molecule has 0 aromatic heterocycles. The Morgan fingerprint density at radius 1 is 0.600 bits per heavy atom. The normalized spacial score (nSPS) is 27.3. The summed E-state index contributed by atoms with van der Waals surface area (Å²) in [5.74, 6) is -4.11. The summed E-state index contributed by atoms with van der Waals surface area (Å²) in [6.07, 6.45) is -10.8. The molecule has 3 aliphatic heterocycles. The first-order valence-corrected chi connectivity index (χ1v) is 21.5. The highest BCUT2D eigenvalue weighted by Crippen LogP contribution is 2.41. The summed E-state index contributed by atoms with van der Waals surface area (Å²) in [5, 5.41) is 0. The fourth-order valence-electron chi connectivity index (χ4n) is 8.25. The van der Waals surface area contributed by atoms with Crippen LogP contribution in [0.15, 0.2) is 152 Å². The first-order chi connectivity index (χ1) is 31.7. The van der Waals surface area contributed by atoms with Gasteiger partial charge < -0.3 is 47.4 Å². The van der Waals surface area contributed by atoms with Crippen LogP contribution in [0.2, 0.25) is 0 Å². The van der Waals surface area contributed by atoms with Gasteiger partial charge in [0.2, 0.25) is 0 Å². The minimum absolute atomic E-state index is 0.137. The number of benzene rings is 5. The molecule has 65 heavy (non-hydrogen) atoms. The van der Waals surface area contributed by atoms with E-state index in [9.17, 15) is 19.2 Å². The lowest BCUT2D eigenvalue weighted by Gasteiger charge is -2.51. The average Bonchev–Trinajstić information content (AvgIpc) is 3.35. The standard InChI is InChI=1S/C51H50O14/c1-32-42(57-29-33-18-8-3-9-19-33)46(45-40(60-32)31-59-50(64-45)37-26-16-7-17-27-37)65-51-44(63-49(55)36-24-14-6-15-25-36)38(28-41(52)56-2)43(62-48(54)35-22-12-5-13-23-35)39(61-51)30-58-47(53)34-20-10-4-11-21-34/h3-27,32,38-40,42-46,50-51H,28-31H2,1-2H3/t32-,38?,39?,40?,42+,43+,44-,45+,46?,50?,51-/m0/s1. The number of hydrogen-bond acceptors (Lipinski definition) is 14. The number of carbonyl (C=O) groups excluding carboxylic acids is 4. The minimum Gasteiger partial charge on any atom is -0.469 e. The Kier molecular flexibility index (Phi) is 15.1. The molecule has 11 atom stereocenters. The number of esters is 4. The van der Waals surface area contributed by atoms with Crippen LogP contribution in [0.3, 0.4) is 0 Å². The van der Waals surface area contributed by atoms with E-state index in [0.29, 0.717) is 0 Å². The number of carbonyl (C=O) groups is 4. The molecule has 338 valence electrons. The molecule has 3 heterocycles. The summed E-state index contributed by atoms with van der Waals surface area (Å²) in [6.45, 7) is 1.69. The van der Waals surface area contributed by atoms with Gasteiger partial charge in [-0.25, -0.2) is 14.4 Å². The zero-order valence-electron chi connectivity index (χ0n) is 35.8. The van der Waals surface area contributed by atoms with E-state index in [-0.39, 0.29) is 29.9 Å². The molecular weight excluding hydrogens is 837 g/mol. The number of rotatable bonds is 15. The smallest absolute Gasteiger partial charge is 0.338 e. The molecule has 0 N–H and O–H groups in total. The van der Waals surface area contributed by atoms with Crippen molar-refractivity contribution in [2.75, 3.05) is 20.3 Å². The van der Waals surface area contributed by atoms with Crippen molar-refractivity contribution in [1.29, 1.82) is 0 Å². The van der Waals surface area contributed by atoms with Crippen LogP contribution in [0, 0.1) is 5.92 Å². The van der Waals surface area contributed by atoms with Gasteiger partial charge in [-0.1, -0.05) is 115 Å². The van der Waals surface area contributed by atoms with Crippen molar-refractivity contribution in [2.45, 2.75) is 81.4 Å². The lowest BCUT2D eigenvalue weighted by molar-refractivity contribution is -0.371. The third kappa shape index (κ3) is 11.2. The minimum atomic E-state index is -1.52. The molecule has 0 saturated carbocycles. The topological polar surface area (TPSA) is 161 Å². The highest BCUT2D eigenvalue weighted by Gasteiger charge is 2.56. The molecule has 5 unspecified atom stereocenters. The van der Waals surface area contributed by atoms with Gasteiger partial charge in [0.15, 0.2) is 18.7 Å². The summed E-state index contributed by atoms with van der Waals surface area (Å²) in [5.41, 5.74) is 2.31. The highest BCUT2D eigenvalue weighted by molar-refractivity contribution is 5.90. The van der Waals surface area contributed by atoms with Crippen LogP contribution in [0.1, 0.15) is 61.8 Å². The first-order valence-electron chi connectivity index (χ1n) is 21.5. The molecule has 0 amide bonds. The van der Waals surface area contributed by atoms with Crippen molar-refractivity contribution in [3.8, 4) is 0 Å². The predicted octanol–water partition coefficient (Wildman–Crippen LogP) is 7.07. The van der Waals surface area contributed by atoms with E-state index >= 15 is 0 Å². The third-order valence-corrected chi connectivity index (χ3v) is 11.5. The van der Waals surface area contributed by atoms with Gasteiger partial charge in [-0.05, 0) is 48.9 Å². The maximum absolute atomic E-state index is 14.1. The van der Waals surface area contributed by atoms with Crippen molar-refractivity contribution < 1.29 is 66.5 Å². The lowest BCUT2D eigenvalue weighted by Crippen LogP contribution is -2.66. The molecule has 0 bridgehead atoms. The monoisotopic (exact) mass is 886 g/mol. The molecule has 14 heteroatoms. The highest BCUT2D eigenvalue weighted by atomic mass is 16.8. The fraction of sp³-hybridized carbons (Fsp3) is 0.333. The first kappa shape index (κ1) is 45.3. The Bertz CT molecular complexity index is 2320. The van der Waals surface area contributed by atoms with Crippen LogP contribution in [-0.4, -0.2) is 99.3 Å². The van der Waals surface area contributed by atoms with Gasteiger partial charge in [0.05, 0.1) is 55.5 Å². The van der Waals surface area contributed by atoms with E-state index in [1.54, 1.807) is 91.0 Å². The van der Waals surface area contributed by atoms with E-state index in [1.807, 2.05) is 67.6 Å². The second-order valence-corrected chi connectivity index (χ2v) is 15.8. The van der Waals surface area contributed by atoms with Crippen LogP contribution in [0.25, 0.3) is 0 Å². The van der Waals surface area contributed by atoms with E-state index in [0.717, 1.165) is 11.1 Å². The quantitative estimate of drug-likeness (QED) is 0.0776. The molecule has 0 aliphatic carbocycles. The Morgan fingerprint density at radius 3 is 1.72 bits per heavy atom. The number of ether oxygens (including phenoxy) is 10. The summed E-state index contributed by atoms with van der Waals surface area (Å²) < 4.78 is 63.5. The van der Waals surface area contributed by atoms with Gasteiger partial charge in [-0.15, -0.1) is 0 Å². The van der Waals surface area contributed by atoms with E-state index in [1.165, 1.54) is 7.11 Å². The van der Waals surface area contributed by atoms with Crippen molar-refractivity contribution in [3.63, 3.8) is 0 Å². The van der Waals surface area contributed by atoms with Gasteiger partial charge in [0.1, 0.15) is 43.2 Å². The maximum atomic E-state index is 14.1. The molecule has 5 aromatic carbocycles. The Hall–Kier alpha value is -6.26. The number of hydrogen-bond donors (Lipinski definition) is 0. The van der Waals surface area contributed by atoms with Gasteiger partial charge in [0, 0.05) is 5.56 Å². The molecule has 3 aliphatic rings. The van der Waals surface area contributed by atoms with Gasteiger partial charge in [-0.3, -0.25) is 4.79 Å². The van der Waals surface area contributed by atoms with Crippen LogP contribution >= 0.6 is 0 Å². The summed E-state index contributed by atoms with van der Waals surface area (Å²) in [4.78, 5) is 55.0. The van der Waals surface area contributed by atoms with E-state index in [4.69, 9.17) is 47.4 Å². The van der Waals surface area contributed by atoms with Gasteiger partial charge in [0.25, 0.3) is 0 Å². The zero-order chi connectivity index (χ0) is 45.1. The molecule has 3 fully saturated rings. The Balaban J connectivity index is 1.20. The number of methoxy groups -OCH3 is 1. The Morgan fingerprint density at radius 2 is 1.14 bits per heavy atom. The number of fused-ring (bicyclic) bond motifs is 1. The average molecular weight is 887 g/mol. The lowest BCUT2D eigenvalue weighted by atomic mass is 9.85. The maximum Gasteiger partial charge on any atom is 0.338 e. The zero-order valence-corrected chi connectivity index (χ0v) is 35.8. The molecule has 3 saturated heterocycles. The third-order valence-electron chi connectivity index (χ3n) is 11.5. The second-order valence-electron chi connectivity index (χ2n) is 15.8. The van der Waals surface area contributed by atoms with Gasteiger partial charge in [-0.2, -0.15) is 0 Å². The second kappa shape index (κ2) is 21.6. The molecule has 5 aromatic rings. The van der Waals surface area contributed by atoms with E-state index in [2.05, 4.69) is 0 Å². The van der Waals surface area contributed by atoms with Crippen LogP contribution in [-0.2, 0) is 58.8 Å². The molecular formula is C51H50O14. The van der Waals surface area contributed by atoms with E-state index < -0.39 is 104 Å². The van der Waals surface area contributed by atoms with Crippen LogP contribution < -0.4 is 0 Å². The van der Waals surface area contributed by atoms with Crippen LogP contribution in [0.4, 0.5) is 0 Å². The summed E-state index contributed by atoms with van der Waals surface area (Å²) >= 11 is 0. The van der Waals surface area contributed by atoms with Crippen molar-refractivity contribution in [3.05, 3.63) is 179 Å². The summed E-state index contributed by atoms with van der Waals surface area (Å²) in [6, 6.07) is 43.8. The molecule has 8 rings (SSSR count). The Labute approximate surface area is 376 Å². The van der Waals surface area contributed by atoms with Crippen molar-refractivity contribution in [1.82, 2.24) is 0 Å². The largest absolute Gasteiger partial charge is 0.469 e. The molecule has 0 radical (unpaired) electrons. The van der Waals surface area contributed by atoms with Gasteiger partial charge >= 0.3 is 23.9 Å². The SMILES string of the molecule is COC(=O)CC1[C@@H](OC(=O)c2ccccc2)C(COC(=O)c2ccccc2)O[C@@H](OC2[C@@H]3OC(c4ccccc4)OCC3O[C@@H](C)[C@H]2OCc2ccccc2)[C@H]1OC(=O)c1ccccc1. The summed E-state index contributed by atoms with van der Waals surface area (Å²) in [7, 11) is 1.22. The van der Waals surface area contributed by atoms with Crippen LogP contribution in [0.5, 0.6) is 0 Å².